The zero-order valence-electron chi connectivity index (χ0n) is 14.7. The number of hydrogen-bond acceptors (Lipinski definition) is 3. The Balaban J connectivity index is 1.95. The van der Waals surface area contributed by atoms with Gasteiger partial charge in [-0.05, 0) is 53.8 Å². The van der Waals surface area contributed by atoms with Gasteiger partial charge in [-0.1, -0.05) is 13.3 Å². The summed E-state index contributed by atoms with van der Waals surface area (Å²) in [5, 5.41) is 8.76. The minimum atomic E-state index is -1.27. The summed E-state index contributed by atoms with van der Waals surface area (Å²) < 4.78 is 61.2. The van der Waals surface area contributed by atoms with Gasteiger partial charge in [-0.3, -0.25) is 0 Å². The van der Waals surface area contributed by atoms with Gasteiger partial charge in [0.05, 0.1) is 0 Å². The molecule has 0 unspecified atom stereocenters. The summed E-state index contributed by atoms with van der Waals surface area (Å²) in [6.07, 6.45) is 1.13. The third-order valence-corrected chi connectivity index (χ3v) is 4.17. The SMILES string of the molecule is CCCc1cc(F)c(C(=O)Oc2ccc3c(F)c(C#N)c(F)cc3c2)c(F)c1. The Bertz CT molecular complexity index is 1110. The predicted octanol–water partition coefficient (Wildman–Crippen LogP) is 5.44. The van der Waals surface area contributed by atoms with Gasteiger partial charge in [0.1, 0.15) is 40.4 Å². The second kappa shape index (κ2) is 7.69. The summed E-state index contributed by atoms with van der Waals surface area (Å²) in [6.45, 7) is 1.85. The third kappa shape index (κ3) is 3.54. The summed E-state index contributed by atoms with van der Waals surface area (Å²) in [5.41, 5.74) is -1.16. The molecule has 0 radical (unpaired) electrons. The second-order valence-corrected chi connectivity index (χ2v) is 6.12. The number of esters is 1. The molecule has 0 aliphatic heterocycles. The fourth-order valence-electron chi connectivity index (χ4n) is 2.89. The lowest BCUT2D eigenvalue weighted by atomic mass is 10.1. The molecule has 0 heterocycles. The van der Waals surface area contributed by atoms with E-state index < -0.39 is 40.4 Å². The van der Waals surface area contributed by atoms with E-state index >= 15 is 0 Å². The van der Waals surface area contributed by atoms with Gasteiger partial charge in [0.2, 0.25) is 0 Å². The van der Waals surface area contributed by atoms with Crippen molar-refractivity contribution in [2.24, 2.45) is 0 Å². The molecule has 28 heavy (non-hydrogen) atoms. The van der Waals surface area contributed by atoms with Gasteiger partial charge < -0.3 is 4.74 Å². The van der Waals surface area contributed by atoms with E-state index in [1.165, 1.54) is 18.2 Å². The van der Waals surface area contributed by atoms with E-state index in [1.807, 2.05) is 6.92 Å². The third-order valence-electron chi connectivity index (χ3n) is 4.17. The average molecular weight is 387 g/mol. The Labute approximate surface area is 157 Å². The van der Waals surface area contributed by atoms with Crippen LogP contribution in [0, 0.1) is 34.6 Å². The standard InChI is InChI=1S/C21H13F4NO2/c1-2-3-11-6-17(23)19(18(24)7-11)21(27)28-13-4-5-14-12(8-13)9-16(22)15(10-26)20(14)25/h4-9H,2-3H2,1H3. The number of carbonyl (C=O) groups excluding carboxylic acids is 1. The number of fused-ring (bicyclic) bond motifs is 1. The van der Waals surface area contributed by atoms with Crippen LogP contribution in [0.2, 0.25) is 0 Å². The molecule has 0 aliphatic rings. The lowest BCUT2D eigenvalue weighted by Gasteiger charge is -2.09. The van der Waals surface area contributed by atoms with Crippen molar-refractivity contribution in [3.05, 3.63) is 76.4 Å². The molecule has 0 N–H and O–H groups in total. The highest BCUT2D eigenvalue weighted by Crippen LogP contribution is 2.28. The molecule has 0 fully saturated rings. The molecule has 0 amide bonds. The smallest absolute Gasteiger partial charge is 0.349 e. The fraction of sp³-hybridized carbons (Fsp3) is 0.143. The number of rotatable bonds is 4. The molecule has 0 bridgehead atoms. The first kappa shape index (κ1) is 19.4. The molecule has 0 aliphatic carbocycles. The van der Waals surface area contributed by atoms with Crippen molar-refractivity contribution in [2.75, 3.05) is 0 Å². The van der Waals surface area contributed by atoms with E-state index in [9.17, 15) is 22.4 Å². The number of aryl methyl sites for hydroxylation is 1. The highest BCUT2D eigenvalue weighted by Gasteiger charge is 2.21. The zero-order valence-corrected chi connectivity index (χ0v) is 14.7. The Morgan fingerprint density at radius 1 is 1.04 bits per heavy atom. The van der Waals surface area contributed by atoms with Crippen LogP contribution in [0.5, 0.6) is 5.75 Å². The monoisotopic (exact) mass is 387 g/mol. The molecule has 0 saturated carbocycles. The number of nitriles is 1. The molecule has 0 atom stereocenters. The van der Waals surface area contributed by atoms with Gasteiger partial charge in [0, 0.05) is 5.39 Å². The van der Waals surface area contributed by atoms with Gasteiger partial charge >= 0.3 is 5.97 Å². The van der Waals surface area contributed by atoms with Crippen molar-refractivity contribution in [3.8, 4) is 11.8 Å². The van der Waals surface area contributed by atoms with E-state index in [2.05, 4.69) is 0 Å². The zero-order chi connectivity index (χ0) is 20.4. The van der Waals surface area contributed by atoms with Crippen molar-refractivity contribution in [1.82, 2.24) is 0 Å². The Hall–Kier alpha value is -3.40. The maximum Gasteiger partial charge on any atom is 0.349 e. The summed E-state index contributed by atoms with van der Waals surface area (Å²) in [6, 6.07) is 7.99. The largest absolute Gasteiger partial charge is 0.423 e. The molecule has 142 valence electrons. The molecule has 7 heteroatoms. The van der Waals surface area contributed by atoms with Crippen LogP contribution in [-0.2, 0) is 6.42 Å². The van der Waals surface area contributed by atoms with Crippen LogP contribution in [0.4, 0.5) is 17.6 Å². The molecule has 3 aromatic carbocycles. The van der Waals surface area contributed by atoms with Crippen molar-refractivity contribution in [3.63, 3.8) is 0 Å². The topological polar surface area (TPSA) is 50.1 Å². The second-order valence-electron chi connectivity index (χ2n) is 6.12. The van der Waals surface area contributed by atoms with Gasteiger partial charge in [-0.2, -0.15) is 5.26 Å². The highest BCUT2D eigenvalue weighted by atomic mass is 19.1. The number of ether oxygens (including phenoxy) is 1. The van der Waals surface area contributed by atoms with Crippen LogP contribution in [-0.4, -0.2) is 5.97 Å². The maximum absolute atomic E-state index is 14.2. The Morgan fingerprint density at radius 3 is 2.32 bits per heavy atom. The van der Waals surface area contributed by atoms with Gasteiger partial charge in [0.25, 0.3) is 0 Å². The summed E-state index contributed by atoms with van der Waals surface area (Å²) in [7, 11) is 0. The van der Waals surface area contributed by atoms with E-state index in [0.717, 1.165) is 24.3 Å². The van der Waals surface area contributed by atoms with Crippen molar-refractivity contribution in [2.45, 2.75) is 19.8 Å². The van der Waals surface area contributed by atoms with Crippen molar-refractivity contribution < 1.29 is 27.1 Å². The van der Waals surface area contributed by atoms with E-state index in [1.54, 1.807) is 0 Å². The predicted molar refractivity (Wildman–Crippen MR) is 93.9 cm³/mol. The maximum atomic E-state index is 14.2. The number of hydrogen-bond donors (Lipinski definition) is 0. The normalized spacial score (nSPS) is 10.7. The first-order valence-corrected chi connectivity index (χ1v) is 8.37. The molecule has 0 spiro atoms. The minimum Gasteiger partial charge on any atom is -0.423 e. The van der Waals surface area contributed by atoms with E-state index in [-0.39, 0.29) is 16.5 Å². The van der Waals surface area contributed by atoms with Gasteiger partial charge in [0.15, 0.2) is 5.82 Å². The average Bonchev–Trinajstić information content (AvgIpc) is 2.61. The summed E-state index contributed by atoms with van der Waals surface area (Å²) in [4.78, 5) is 12.2. The fourth-order valence-corrected chi connectivity index (χ4v) is 2.89. The molecule has 3 aromatic rings. The van der Waals surface area contributed by atoms with Crippen molar-refractivity contribution >= 4 is 16.7 Å². The van der Waals surface area contributed by atoms with Crippen LogP contribution in [0.15, 0.2) is 36.4 Å². The lowest BCUT2D eigenvalue weighted by molar-refractivity contribution is 0.0725. The van der Waals surface area contributed by atoms with Crippen molar-refractivity contribution in [1.29, 1.82) is 5.26 Å². The molecular formula is C21H13F4NO2. The Morgan fingerprint density at radius 2 is 1.71 bits per heavy atom. The number of carbonyl (C=O) groups is 1. The lowest BCUT2D eigenvalue weighted by Crippen LogP contribution is -2.14. The summed E-state index contributed by atoms with van der Waals surface area (Å²) in [5.74, 6) is -5.64. The summed E-state index contributed by atoms with van der Waals surface area (Å²) >= 11 is 0. The van der Waals surface area contributed by atoms with Crippen LogP contribution in [0.3, 0.4) is 0 Å². The molecule has 3 nitrogen and oxygen atoms in total. The first-order chi connectivity index (χ1) is 13.3. The minimum absolute atomic E-state index is 0.0264. The number of benzene rings is 3. The van der Waals surface area contributed by atoms with Crippen LogP contribution < -0.4 is 4.74 Å². The number of halogens is 4. The molecule has 0 aromatic heterocycles. The highest BCUT2D eigenvalue weighted by molar-refractivity contribution is 5.93. The number of nitrogens with zero attached hydrogens (tertiary/aromatic N) is 1. The van der Waals surface area contributed by atoms with E-state index in [4.69, 9.17) is 10.00 Å². The van der Waals surface area contributed by atoms with Gasteiger partial charge in [-0.25, -0.2) is 22.4 Å². The first-order valence-electron chi connectivity index (χ1n) is 8.37. The van der Waals surface area contributed by atoms with E-state index in [0.29, 0.717) is 18.4 Å². The quantitative estimate of drug-likeness (QED) is 0.340. The molecule has 3 rings (SSSR count). The van der Waals surface area contributed by atoms with Gasteiger partial charge in [-0.15, -0.1) is 0 Å². The van der Waals surface area contributed by atoms with Crippen LogP contribution in [0.25, 0.3) is 10.8 Å². The molecular weight excluding hydrogens is 374 g/mol. The Kier molecular flexibility index (Phi) is 5.32. The van der Waals surface area contributed by atoms with Crippen LogP contribution >= 0.6 is 0 Å². The molecule has 0 saturated heterocycles. The van der Waals surface area contributed by atoms with Crippen LogP contribution in [0.1, 0.15) is 34.8 Å².